The lowest BCUT2D eigenvalue weighted by Crippen LogP contribution is -2.38. The van der Waals surface area contributed by atoms with E-state index >= 15 is 0 Å². The Labute approximate surface area is 116 Å². The van der Waals surface area contributed by atoms with Crippen molar-refractivity contribution in [3.63, 3.8) is 0 Å². The van der Waals surface area contributed by atoms with E-state index in [0.717, 1.165) is 5.56 Å². The summed E-state index contributed by atoms with van der Waals surface area (Å²) in [5.41, 5.74) is -0.417. The van der Waals surface area contributed by atoms with Crippen LogP contribution in [0.25, 0.3) is 0 Å². The summed E-state index contributed by atoms with van der Waals surface area (Å²) >= 11 is 0. The summed E-state index contributed by atoms with van der Waals surface area (Å²) in [5.74, 6) is 3.09. The zero-order valence-corrected chi connectivity index (χ0v) is 10.5. The van der Waals surface area contributed by atoms with E-state index in [0.29, 0.717) is 5.57 Å². The summed E-state index contributed by atoms with van der Waals surface area (Å²) < 4.78 is 0. The molecule has 100 valence electrons. The molecule has 1 aromatic rings. The molecule has 0 heterocycles. The highest BCUT2D eigenvalue weighted by molar-refractivity contribution is 6.01. The fraction of sp³-hybridized carbons (Fsp3) is 0.125. The molecule has 0 atom stereocenters. The first-order valence-corrected chi connectivity index (χ1v) is 5.98. The van der Waals surface area contributed by atoms with Crippen LogP contribution < -0.4 is 0 Å². The van der Waals surface area contributed by atoms with Gasteiger partial charge in [-0.15, -0.1) is 0 Å². The van der Waals surface area contributed by atoms with Gasteiger partial charge in [0, 0.05) is 11.1 Å². The summed E-state index contributed by atoms with van der Waals surface area (Å²) in [6, 6.07) is 9.35. The monoisotopic (exact) mass is 268 g/mol. The topological polar surface area (TPSA) is 74.6 Å². The summed E-state index contributed by atoms with van der Waals surface area (Å²) in [5, 5.41) is 18.1. The van der Waals surface area contributed by atoms with Crippen molar-refractivity contribution in [2.75, 3.05) is 0 Å². The van der Waals surface area contributed by atoms with E-state index in [1.54, 1.807) is 0 Å². The molecule has 0 aromatic heterocycles. The van der Waals surface area contributed by atoms with E-state index in [2.05, 4.69) is 11.8 Å². The minimum absolute atomic E-state index is 0.104. The third-order valence-electron chi connectivity index (χ3n) is 3.08. The maximum absolute atomic E-state index is 11.1. The van der Waals surface area contributed by atoms with Crippen LogP contribution in [0.5, 0.6) is 0 Å². The van der Waals surface area contributed by atoms with Gasteiger partial charge in [0.2, 0.25) is 0 Å². The predicted octanol–water partition coefficient (Wildman–Crippen LogP) is 2.08. The first kappa shape index (κ1) is 13.6. The Balaban J connectivity index is 2.19. The number of allylic oxidation sites excluding steroid dienone is 3. The highest BCUT2D eigenvalue weighted by Gasteiger charge is 2.44. The van der Waals surface area contributed by atoms with Crippen molar-refractivity contribution in [2.45, 2.75) is 6.42 Å². The molecule has 0 spiro atoms. The van der Waals surface area contributed by atoms with Gasteiger partial charge in [0.05, 0.1) is 0 Å². The van der Waals surface area contributed by atoms with Crippen LogP contribution in [0.2, 0.25) is 0 Å². The van der Waals surface area contributed by atoms with Crippen molar-refractivity contribution >= 4 is 11.9 Å². The second kappa shape index (κ2) is 5.45. The molecule has 0 bridgehead atoms. The number of benzene rings is 1. The van der Waals surface area contributed by atoms with Crippen LogP contribution in [-0.4, -0.2) is 22.2 Å². The molecule has 20 heavy (non-hydrogen) atoms. The molecule has 0 fully saturated rings. The van der Waals surface area contributed by atoms with E-state index in [1.807, 2.05) is 30.3 Å². The highest BCUT2D eigenvalue weighted by atomic mass is 16.4. The lowest BCUT2D eigenvalue weighted by Gasteiger charge is -2.21. The average molecular weight is 268 g/mol. The van der Waals surface area contributed by atoms with Crippen molar-refractivity contribution in [3.8, 4) is 11.8 Å². The predicted molar refractivity (Wildman–Crippen MR) is 72.9 cm³/mol. The summed E-state index contributed by atoms with van der Waals surface area (Å²) in [6.07, 6.45) is 4.07. The zero-order chi connectivity index (χ0) is 14.6. The van der Waals surface area contributed by atoms with E-state index in [1.165, 1.54) is 18.2 Å². The van der Waals surface area contributed by atoms with Gasteiger partial charge in [0.15, 0.2) is 5.41 Å². The van der Waals surface area contributed by atoms with Crippen LogP contribution in [0.3, 0.4) is 0 Å². The van der Waals surface area contributed by atoms with Gasteiger partial charge < -0.3 is 10.2 Å². The molecule has 2 N–H and O–H groups in total. The minimum atomic E-state index is -1.88. The van der Waals surface area contributed by atoms with Crippen molar-refractivity contribution in [1.29, 1.82) is 0 Å². The van der Waals surface area contributed by atoms with E-state index in [4.69, 9.17) is 10.2 Å². The van der Waals surface area contributed by atoms with Gasteiger partial charge in [0.1, 0.15) is 0 Å². The Morgan fingerprint density at radius 3 is 2.20 bits per heavy atom. The Morgan fingerprint density at radius 1 is 1.05 bits per heavy atom. The van der Waals surface area contributed by atoms with Crippen LogP contribution in [0.15, 0.2) is 54.1 Å². The molecular formula is C16H12O4. The molecule has 1 aromatic carbocycles. The van der Waals surface area contributed by atoms with Crippen molar-refractivity contribution in [2.24, 2.45) is 5.41 Å². The van der Waals surface area contributed by atoms with Crippen LogP contribution >= 0.6 is 0 Å². The van der Waals surface area contributed by atoms with Gasteiger partial charge in [-0.1, -0.05) is 42.2 Å². The number of hydrogen-bond acceptors (Lipinski definition) is 2. The maximum atomic E-state index is 11.1. The smallest absolute Gasteiger partial charge is 0.325 e. The second-order valence-corrected chi connectivity index (χ2v) is 4.39. The normalized spacial score (nSPS) is 15.7. The van der Waals surface area contributed by atoms with Crippen molar-refractivity contribution in [1.82, 2.24) is 0 Å². The SMILES string of the molecule is O=C(O)C1(C(=O)O)C=CC(C#Cc2ccccc2)=CC1. The quantitative estimate of drug-likeness (QED) is 0.636. The van der Waals surface area contributed by atoms with Crippen LogP contribution in [0.1, 0.15) is 12.0 Å². The number of carboxylic acid groups (broad SMARTS) is 2. The Bertz CT molecular complexity index is 643. The molecule has 0 unspecified atom stereocenters. The lowest BCUT2D eigenvalue weighted by atomic mass is 9.80. The van der Waals surface area contributed by atoms with E-state index in [9.17, 15) is 9.59 Å². The zero-order valence-electron chi connectivity index (χ0n) is 10.5. The Hall–Kier alpha value is -2.80. The van der Waals surface area contributed by atoms with Crippen molar-refractivity contribution < 1.29 is 19.8 Å². The van der Waals surface area contributed by atoms with Crippen LogP contribution in [-0.2, 0) is 9.59 Å². The molecule has 1 aliphatic rings. The number of aliphatic carboxylic acids is 2. The Kier molecular flexibility index (Phi) is 3.72. The van der Waals surface area contributed by atoms with E-state index in [-0.39, 0.29) is 6.42 Å². The molecule has 0 saturated heterocycles. The van der Waals surface area contributed by atoms with E-state index < -0.39 is 17.4 Å². The minimum Gasteiger partial charge on any atom is -0.480 e. The Morgan fingerprint density at radius 2 is 1.70 bits per heavy atom. The lowest BCUT2D eigenvalue weighted by molar-refractivity contribution is -0.160. The van der Waals surface area contributed by atoms with Crippen LogP contribution in [0.4, 0.5) is 0 Å². The molecule has 4 nitrogen and oxygen atoms in total. The highest BCUT2D eigenvalue weighted by Crippen LogP contribution is 2.30. The van der Waals surface area contributed by atoms with Gasteiger partial charge in [-0.3, -0.25) is 9.59 Å². The average Bonchev–Trinajstić information content (AvgIpc) is 2.46. The number of rotatable bonds is 2. The third kappa shape index (κ3) is 2.62. The largest absolute Gasteiger partial charge is 0.480 e. The first-order chi connectivity index (χ1) is 9.54. The molecular weight excluding hydrogens is 256 g/mol. The number of carboxylic acids is 2. The second-order valence-electron chi connectivity index (χ2n) is 4.39. The fourth-order valence-corrected chi connectivity index (χ4v) is 1.81. The molecule has 4 heteroatoms. The standard InChI is InChI=1S/C16H12O4/c17-14(18)16(15(19)20)10-8-13(9-11-16)7-6-12-4-2-1-3-5-12/h1-5,8-10H,11H2,(H,17,18)(H,19,20). The van der Waals surface area contributed by atoms with Gasteiger partial charge in [-0.25, -0.2) is 0 Å². The molecule has 0 saturated carbocycles. The molecule has 0 amide bonds. The molecule has 1 aliphatic carbocycles. The molecule has 2 rings (SSSR count). The maximum Gasteiger partial charge on any atom is 0.325 e. The first-order valence-electron chi connectivity index (χ1n) is 5.98. The van der Waals surface area contributed by atoms with Crippen LogP contribution in [0, 0.1) is 17.3 Å². The summed E-state index contributed by atoms with van der Waals surface area (Å²) in [6.45, 7) is 0. The summed E-state index contributed by atoms with van der Waals surface area (Å²) in [4.78, 5) is 22.2. The summed E-state index contributed by atoms with van der Waals surface area (Å²) in [7, 11) is 0. The number of carbonyl (C=O) groups is 2. The fourth-order valence-electron chi connectivity index (χ4n) is 1.81. The van der Waals surface area contributed by atoms with Gasteiger partial charge in [-0.05, 0) is 24.6 Å². The van der Waals surface area contributed by atoms with Crippen molar-refractivity contribution in [3.05, 3.63) is 59.7 Å². The van der Waals surface area contributed by atoms with Gasteiger partial charge in [-0.2, -0.15) is 0 Å². The number of hydrogen-bond donors (Lipinski definition) is 2. The molecule has 0 aliphatic heterocycles. The third-order valence-corrected chi connectivity index (χ3v) is 3.08. The molecule has 0 radical (unpaired) electrons. The van der Waals surface area contributed by atoms with Gasteiger partial charge >= 0.3 is 11.9 Å². The van der Waals surface area contributed by atoms with Gasteiger partial charge in [0.25, 0.3) is 0 Å².